The third-order valence-electron chi connectivity index (χ3n) is 4.29. The summed E-state index contributed by atoms with van der Waals surface area (Å²) in [5.41, 5.74) is 2.94. The van der Waals surface area contributed by atoms with Gasteiger partial charge in [0.2, 0.25) is 6.79 Å². The van der Waals surface area contributed by atoms with E-state index in [2.05, 4.69) is 15.6 Å². The van der Waals surface area contributed by atoms with Crippen molar-refractivity contribution in [2.45, 2.75) is 6.54 Å². The summed E-state index contributed by atoms with van der Waals surface area (Å²) >= 11 is 0. The van der Waals surface area contributed by atoms with E-state index in [-0.39, 0.29) is 12.7 Å². The van der Waals surface area contributed by atoms with Crippen LogP contribution >= 0.6 is 0 Å². The van der Waals surface area contributed by atoms with Crippen LogP contribution in [-0.2, 0) is 6.54 Å². The number of amides is 1. The molecule has 0 radical (unpaired) electrons. The van der Waals surface area contributed by atoms with Gasteiger partial charge < -0.3 is 24.8 Å². The van der Waals surface area contributed by atoms with Crippen molar-refractivity contribution in [3.63, 3.8) is 0 Å². The Morgan fingerprint density at radius 3 is 2.68 bits per heavy atom. The van der Waals surface area contributed by atoms with Gasteiger partial charge in [-0.25, -0.2) is 0 Å². The molecule has 1 aliphatic heterocycles. The Labute approximate surface area is 162 Å². The Morgan fingerprint density at radius 1 is 1.04 bits per heavy atom. The van der Waals surface area contributed by atoms with E-state index >= 15 is 0 Å². The zero-order valence-electron chi connectivity index (χ0n) is 15.3. The number of rotatable bonds is 6. The van der Waals surface area contributed by atoms with Crippen molar-refractivity contribution in [2.75, 3.05) is 24.5 Å². The molecule has 0 saturated heterocycles. The second-order valence-corrected chi connectivity index (χ2v) is 6.19. The summed E-state index contributed by atoms with van der Waals surface area (Å²) in [4.78, 5) is 16.7. The van der Waals surface area contributed by atoms with Gasteiger partial charge in [-0.3, -0.25) is 9.78 Å². The monoisotopic (exact) mass is 377 g/mol. The van der Waals surface area contributed by atoms with Crippen LogP contribution in [0.4, 0.5) is 11.4 Å². The van der Waals surface area contributed by atoms with Crippen molar-refractivity contribution >= 4 is 17.3 Å². The number of carbonyl (C=O) groups excluding carboxylic acids is 1. The maximum atomic E-state index is 12.5. The van der Waals surface area contributed by atoms with E-state index in [1.54, 1.807) is 37.6 Å². The molecule has 0 bridgehead atoms. The standard InChI is InChI=1S/C21H19N3O4/c1-26-18-5-2-14(3-6-18)10-23-17-8-15(11-22-12-17)21(25)24-16-4-7-19-20(9-16)28-13-27-19/h2-9,11-12,23H,10,13H2,1H3,(H,24,25). The molecule has 0 unspecified atom stereocenters. The van der Waals surface area contributed by atoms with Gasteiger partial charge in [-0.15, -0.1) is 0 Å². The number of anilines is 2. The van der Waals surface area contributed by atoms with Crippen molar-refractivity contribution in [1.82, 2.24) is 4.98 Å². The van der Waals surface area contributed by atoms with Crippen LogP contribution in [0.1, 0.15) is 15.9 Å². The maximum Gasteiger partial charge on any atom is 0.257 e. The highest BCUT2D eigenvalue weighted by Crippen LogP contribution is 2.34. The molecule has 0 atom stereocenters. The number of ether oxygens (including phenoxy) is 3. The molecule has 7 heteroatoms. The number of methoxy groups -OCH3 is 1. The Kier molecular flexibility index (Phi) is 4.97. The van der Waals surface area contributed by atoms with E-state index in [1.807, 2.05) is 24.3 Å². The number of hydrogen-bond donors (Lipinski definition) is 2. The minimum absolute atomic E-state index is 0.193. The first kappa shape index (κ1) is 17.7. The molecular weight excluding hydrogens is 358 g/mol. The van der Waals surface area contributed by atoms with Crippen LogP contribution in [0.3, 0.4) is 0 Å². The summed E-state index contributed by atoms with van der Waals surface area (Å²) in [6.45, 7) is 0.803. The Morgan fingerprint density at radius 2 is 1.86 bits per heavy atom. The zero-order valence-corrected chi connectivity index (χ0v) is 15.3. The number of hydrogen-bond acceptors (Lipinski definition) is 6. The van der Waals surface area contributed by atoms with Crippen molar-refractivity contribution in [3.8, 4) is 17.2 Å². The minimum Gasteiger partial charge on any atom is -0.497 e. The van der Waals surface area contributed by atoms with Crippen molar-refractivity contribution in [2.24, 2.45) is 0 Å². The smallest absolute Gasteiger partial charge is 0.257 e. The van der Waals surface area contributed by atoms with Gasteiger partial charge in [0.15, 0.2) is 11.5 Å². The molecule has 7 nitrogen and oxygen atoms in total. The molecule has 1 aliphatic rings. The number of benzene rings is 2. The van der Waals surface area contributed by atoms with E-state index < -0.39 is 0 Å². The molecule has 142 valence electrons. The number of pyridine rings is 1. The lowest BCUT2D eigenvalue weighted by molar-refractivity contribution is 0.102. The average molecular weight is 377 g/mol. The number of aromatic nitrogens is 1. The molecule has 0 aliphatic carbocycles. The summed E-state index contributed by atoms with van der Waals surface area (Å²) in [5.74, 6) is 1.85. The fourth-order valence-corrected chi connectivity index (χ4v) is 2.79. The molecule has 0 fully saturated rings. The maximum absolute atomic E-state index is 12.5. The fraction of sp³-hybridized carbons (Fsp3) is 0.143. The largest absolute Gasteiger partial charge is 0.497 e. The fourth-order valence-electron chi connectivity index (χ4n) is 2.79. The van der Waals surface area contributed by atoms with Crippen LogP contribution in [0, 0.1) is 0 Å². The number of fused-ring (bicyclic) bond motifs is 1. The van der Waals surface area contributed by atoms with Crippen LogP contribution in [0.15, 0.2) is 60.9 Å². The molecule has 28 heavy (non-hydrogen) atoms. The first-order chi connectivity index (χ1) is 13.7. The Bertz CT molecular complexity index is 989. The van der Waals surface area contributed by atoms with Gasteiger partial charge in [0.05, 0.1) is 18.4 Å². The van der Waals surface area contributed by atoms with Crippen LogP contribution < -0.4 is 24.8 Å². The lowest BCUT2D eigenvalue weighted by Crippen LogP contribution is -2.12. The van der Waals surface area contributed by atoms with Gasteiger partial charge in [-0.1, -0.05) is 12.1 Å². The molecule has 1 amide bonds. The summed E-state index contributed by atoms with van der Waals surface area (Å²) in [6.07, 6.45) is 3.21. The van der Waals surface area contributed by atoms with E-state index in [0.717, 1.165) is 17.0 Å². The molecule has 2 heterocycles. The molecular formula is C21H19N3O4. The summed E-state index contributed by atoms with van der Waals surface area (Å²) in [7, 11) is 1.64. The molecule has 0 spiro atoms. The highest BCUT2D eigenvalue weighted by molar-refractivity contribution is 6.04. The topological polar surface area (TPSA) is 81.7 Å². The minimum atomic E-state index is -0.250. The van der Waals surface area contributed by atoms with Crippen LogP contribution in [-0.4, -0.2) is 24.8 Å². The van der Waals surface area contributed by atoms with Crippen molar-refractivity contribution < 1.29 is 19.0 Å². The van der Waals surface area contributed by atoms with Crippen molar-refractivity contribution in [1.29, 1.82) is 0 Å². The predicted octanol–water partition coefficient (Wildman–Crippen LogP) is 3.68. The van der Waals surface area contributed by atoms with E-state index in [4.69, 9.17) is 14.2 Å². The lowest BCUT2D eigenvalue weighted by atomic mass is 10.2. The highest BCUT2D eigenvalue weighted by atomic mass is 16.7. The van der Waals surface area contributed by atoms with Gasteiger partial charge in [0.1, 0.15) is 5.75 Å². The van der Waals surface area contributed by atoms with Crippen LogP contribution in [0.2, 0.25) is 0 Å². The predicted molar refractivity (Wildman–Crippen MR) is 105 cm³/mol. The molecule has 4 rings (SSSR count). The van der Waals surface area contributed by atoms with E-state index in [0.29, 0.717) is 29.3 Å². The highest BCUT2D eigenvalue weighted by Gasteiger charge is 2.15. The number of nitrogens with one attached hydrogen (secondary N) is 2. The zero-order chi connectivity index (χ0) is 19.3. The average Bonchev–Trinajstić information content (AvgIpc) is 3.21. The summed E-state index contributed by atoms with van der Waals surface area (Å²) in [6, 6.07) is 14.8. The first-order valence-corrected chi connectivity index (χ1v) is 8.74. The van der Waals surface area contributed by atoms with Gasteiger partial charge in [0, 0.05) is 30.7 Å². The number of nitrogens with zero attached hydrogens (tertiary/aromatic N) is 1. The lowest BCUT2D eigenvalue weighted by Gasteiger charge is -2.09. The molecule has 1 aromatic heterocycles. The third kappa shape index (κ3) is 3.98. The van der Waals surface area contributed by atoms with Crippen molar-refractivity contribution in [3.05, 3.63) is 72.1 Å². The van der Waals surface area contributed by atoms with E-state index in [1.165, 1.54) is 6.20 Å². The third-order valence-corrected chi connectivity index (χ3v) is 4.29. The second-order valence-electron chi connectivity index (χ2n) is 6.19. The molecule has 2 N–H and O–H groups in total. The van der Waals surface area contributed by atoms with Gasteiger partial charge in [-0.2, -0.15) is 0 Å². The molecule has 2 aromatic carbocycles. The van der Waals surface area contributed by atoms with E-state index in [9.17, 15) is 4.79 Å². The summed E-state index contributed by atoms with van der Waals surface area (Å²) in [5, 5.41) is 6.12. The first-order valence-electron chi connectivity index (χ1n) is 8.74. The normalized spacial score (nSPS) is 11.8. The second kappa shape index (κ2) is 7.87. The SMILES string of the molecule is COc1ccc(CNc2cncc(C(=O)Nc3ccc4c(c3)OCO4)c2)cc1. The van der Waals surface area contributed by atoms with Gasteiger partial charge in [-0.05, 0) is 35.9 Å². The number of carbonyl (C=O) groups is 1. The van der Waals surface area contributed by atoms with Gasteiger partial charge in [0.25, 0.3) is 5.91 Å². The molecule has 0 saturated carbocycles. The summed E-state index contributed by atoms with van der Waals surface area (Å²) < 4.78 is 15.8. The van der Waals surface area contributed by atoms with Crippen LogP contribution in [0.5, 0.6) is 17.2 Å². The molecule has 3 aromatic rings. The van der Waals surface area contributed by atoms with Crippen LogP contribution in [0.25, 0.3) is 0 Å². The van der Waals surface area contributed by atoms with Gasteiger partial charge >= 0.3 is 0 Å². The Hall–Kier alpha value is -3.74. The quantitative estimate of drug-likeness (QED) is 0.682. The Balaban J connectivity index is 1.40.